The van der Waals surface area contributed by atoms with Crippen LogP contribution in [0, 0.1) is 0 Å². The largest absolute Gasteiger partial charge is 0.395 e. The fourth-order valence-electron chi connectivity index (χ4n) is 1.54. The third-order valence-corrected chi connectivity index (χ3v) is 3.70. The summed E-state index contributed by atoms with van der Waals surface area (Å²) in [6, 6.07) is -0.214. The molecule has 84 valence electrons. The Morgan fingerprint density at radius 1 is 1.64 bits per heavy atom. The molecule has 0 saturated carbocycles. The predicted octanol–water partition coefficient (Wildman–Crippen LogP) is -0.534. The summed E-state index contributed by atoms with van der Waals surface area (Å²) in [4.78, 5) is 0. The van der Waals surface area contributed by atoms with Gasteiger partial charge in [-0.25, -0.2) is 13.1 Å². The maximum absolute atomic E-state index is 11.3. The molecule has 0 spiro atoms. The molecule has 0 radical (unpaired) electrons. The van der Waals surface area contributed by atoms with Crippen molar-refractivity contribution in [1.29, 1.82) is 0 Å². The van der Waals surface area contributed by atoms with Gasteiger partial charge in [0.05, 0.1) is 18.5 Å². The van der Waals surface area contributed by atoms with Crippen molar-refractivity contribution in [3.8, 4) is 0 Å². The van der Waals surface area contributed by atoms with Crippen LogP contribution in [-0.2, 0) is 14.8 Å². The van der Waals surface area contributed by atoms with Crippen LogP contribution < -0.4 is 4.72 Å². The van der Waals surface area contributed by atoms with Gasteiger partial charge in [-0.1, -0.05) is 0 Å². The lowest BCUT2D eigenvalue weighted by atomic mass is 10.1. The molecule has 0 aliphatic carbocycles. The molecule has 1 aliphatic heterocycles. The zero-order chi connectivity index (χ0) is 10.6. The topological polar surface area (TPSA) is 75.6 Å². The number of rotatable bonds is 5. The van der Waals surface area contributed by atoms with Crippen LogP contribution >= 0.6 is 0 Å². The van der Waals surface area contributed by atoms with Gasteiger partial charge in [-0.3, -0.25) is 0 Å². The van der Waals surface area contributed by atoms with Gasteiger partial charge in [0.15, 0.2) is 0 Å². The van der Waals surface area contributed by atoms with Gasteiger partial charge in [0.1, 0.15) is 0 Å². The van der Waals surface area contributed by atoms with E-state index in [1.54, 1.807) is 6.92 Å². The second-order valence-corrected chi connectivity index (χ2v) is 5.37. The van der Waals surface area contributed by atoms with E-state index in [-0.39, 0.29) is 24.5 Å². The van der Waals surface area contributed by atoms with Crippen molar-refractivity contribution in [1.82, 2.24) is 4.72 Å². The van der Waals surface area contributed by atoms with Crippen molar-refractivity contribution in [2.75, 3.05) is 19.0 Å². The normalized spacial score (nSPS) is 25.1. The van der Waals surface area contributed by atoms with Crippen molar-refractivity contribution in [2.45, 2.75) is 31.9 Å². The molecule has 0 aromatic carbocycles. The molecule has 2 atom stereocenters. The lowest BCUT2D eigenvalue weighted by Crippen LogP contribution is -2.42. The molecule has 0 aromatic rings. The first-order chi connectivity index (χ1) is 6.55. The van der Waals surface area contributed by atoms with E-state index < -0.39 is 10.0 Å². The molecule has 2 N–H and O–H groups in total. The first kappa shape index (κ1) is 11.9. The Balaban J connectivity index is 2.42. The Morgan fingerprint density at radius 3 is 2.86 bits per heavy atom. The summed E-state index contributed by atoms with van der Waals surface area (Å²) in [6.07, 6.45) is 1.85. The highest BCUT2D eigenvalue weighted by molar-refractivity contribution is 7.89. The van der Waals surface area contributed by atoms with Gasteiger partial charge in [-0.15, -0.1) is 0 Å². The zero-order valence-corrected chi connectivity index (χ0v) is 9.09. The molecule has 0 aromatic heterocycles. The third kappa shape index (κ3) is 3.53. The number of hydrogen-bond acceptors (Lipinski definition) is 4. The molecule has 1 aliphatic rings. The minimum atomic E-state index is -3.35. The van der Waals surface area contributed by atoms with Crippen LogP contribution in [0.5, 0.6) is 0 Å². The highest BCUT2D eigenvalue weighted by Crippen LogP contribution is 2.15. The quantitative estimate of drug-likeness (QED) is 0.656. The Hall–Kier alpha value is -0.170. The summed E-state index contributed by atoms with van der Waals surface area (Å²) in [6.45, 7) is 2.13. The van der Waals surface area contributed by atoms with Gasteiger partial charge in [0.2, 0.25) is 10.0 Å². The van der Waals surface area contributed by atoms with E-state index in [1.807, 2.05) is 0 Å². The standard InChI is InChI=1S/C8H17NO4S/c1-7(8-3-2-5-13-8)9-14(11,12)6-4-10/h7-10H,2-6H2,1H3. The highest BCUT2D eigenvalue weighted by Gasteiger charge is 2.25. The third-order valence-electron chi connectivity index (χ3n) is 2.25. The fourth-order valence-corrected chi connectivity index (χ4v) is 2.61. The number of sulfonamides is 1. The summed E-state index contributed by atoms with van der Waals surface area (Å²) in [5.41, 5.74) is 0. The highest BCUT2D eigenvalue weighted by atomic mass is 32.2. The lowest BCUT2D eigenvalue weighted by molar-refractivity contribution is 0.0902. The molecule has 1 saturated heterocycles. The van der Waals surface area contributed by atoms with E-state index in [2.05, 4.69) is 4.72 Å². The monoisotopic (exact) mass is 223 g/mol. The van der Waals surface area contributed by atoms with Crippen molar-refractivity contribution < 1.29 is 18.3 Å². The molecule has 14 heavy (non-hydrogen) atoms. The molecule has 0 amide bonds. The Morgan fingerprint density at radius 2 is 2.36 bits per heavy atom. The minimum absolute atomic E-state index is 0.0246. The lowest BCUT2D eigenvalue weighted by Gasteiger charge is -2.19. The average Bonchev–Trinajstić information content (AvgIpc) is 2.53. The Kier molecular flexibility index (Phi) is 4.31. The van der Waals surface area contributed by atoms with Crippen molar-refractivity contribution in [3.05, 3.63) is 0 Å². The minimum Gasteiger partial charge on any atom is -0.395 e. The molecule has 1 rings (SSSR count). The van der Waals surface area contributed by atoms with E-state index in [4.69, 9.17) is 9.84 Å². The van der Waals surface area contributed by atoms with Crippen molar-refractivity contribution in [3.63, 3.8) is 0 Å². The van der Waals surface area contributed by atoms with Crippen LogP contribution in [0.15, 0.2) is 0 Å². The summed E-state index contributed by atoms with van der Waals surface area (Å²) in [7, 11) is -3.35. The molecular weight excluding hydrogens is 206 g/mol. The van der Waals surface area contributed by atoms with Crippen LogP contribution in [0.2, 0.25) is 0 Å². The van der Waals surface area contributed by atoms with Crippen LogP contribution in [0.1, 0.15) is 19.8 Å². The number of aliphatic hydroxyl groups is 1. The SMILES string of the molecule is CC(NS(=O)(=O)CCO)C1CCCO1. The van der Waals surface area contributed by atoms with E-state index >= 15 is 0 Å². The predicted molar refractivity (Wildman–Crippen MR) is 52.4 cm³/mol. The van der Waals surface area contributed by atoms with Crippen molar-refractivity contribution in [2.24, 2.45) is 0 Å². The van der Waals surface area contributed by atoms with Crippen LogP contribution in [-0.4, -0.2) is 44.6 Å². The Bertz CT molecular complexity index is 259. The summed E-state index contributed by atoms with van der Waals surface area (Å²) < 4.78 is 30.4. The van der Waals surface area contributed by atoms with Crippen LogP contribution in [0.25, 0.3) is 0 Å². The second-order valence-electron chi connectivity index (χ2n) is 3.50. The Labute approximate surface area is 84.5 Å². The average molecular weight is 223 g/mol. The molecule has 5 nitrogen and oxygen atoms in total. The first-order valence-electron chi connectivity index (χ1n) is 4.77. The summed E-state index contributed by atoms with van der Waals surface area (Å²) in [5.74, 6) is -0.246. The first-order valence-corrected chi connectivity index (χ1v) is 6.43. The van der Waals surface area contributed by atoms with E-state index in [1.165, 1.54) is 0 Å². The molecular formula is C8H17NO4S. The number of ether oxygens (including phenoxy) is 1. The van der Waals surface area contributed by atoms with E-state index in [9.17, 15) is 8.42 Å². The maximum Gasteiger partial charge on any atom is 0.214 e. The van der Waals surface area contributed by atoms with E-state index in [0.29, 0.717) is 6.61 Å². The molecule has 1 heterocycles. The van der Waals surface area contributed by atoms with Crippen LogP contribution in [0.3, 0.4) is 0 Å². The molecule has 2 unspecified atom stereocenters. The van der Waals surface area contributed by atoms with Gasteiger partial charge in [0, 0.05) is 12.6 Å². The van der Waals surface area contributed by atoms with Gasteiger partial charge in [0.25, 0.3) is 0 Å². The number of hydrogen-bond donors (Lipinski definition) is 2. The maximum atomic E-state index is 11.3. The van der Waals surface area contributed by atoms with E-state index in [0.717, 1.165) is 12.8 Å². The molecule has 6 heteroatoms. The van der Waals surface area contributed by atoms with Gasteiger partial charge < -0.3 is 9.84 Å². The summed E-state index contributed by atoms with van der Waals surface area (Å²) in [5, 5.41) is 8.53. The molecule has 1 fully saturated rings. The van der Waals surface area contributed by atoms with Crippen LogP contribution in [0.4, 0.5) is 0 Å². The fraction of sp³-hybridized carbons (Fsp3) is 1.00. The smallest absolute Gasteiger partial charge is 0.214 e. The summed E-state index contributed by atoms with van der Waals surface area (Å²) >= 11 is 0. The van der Waals surface area contributed by atoms with Gasteiger partial charge >= 0.3 is 0 Å². The van der Waals surface area contributed by atoms with Gasteiger partial charge in [-0.05, 0) is 19.8 Å². The van der Waals surface area contributed by atoms with Gasteiger partial charge in [-0.2, -0.15) is 0 Å². The second kappa shape index (κ2) is 5.06. The zero-order valence-electron chi connectivity index (χ0n) is 8.27. The van der Waals surface area contributed by atoms with Crippen molar-refractivity contribution >= 4 is 10.0 Å². The number of nitrogens with one attached hydrogen (secondary N) is 1. The molecule has 0 bridgehead atoms. The number of aliphatic hydroxyl groups excluding tert-OH is 1.